The summed E-state index contributed by atoms with van der Waals surface area (Å²) in [6.07, 6.45) is 1.71. The third-order valence-corrected chi connectivity index (χ3v) is 3.08. The molecule has 0 aliphatic carbocycles. The molecule has 2 saturated heterocycles. The van der Waals surface area contributed by atoms with E-state index in [1.165, 1.54) is 0 Å². The van der Waals surface area contributed by atoms with Gasteiger partial charge < -0.3 is 10.2 Å². The molecule has 2 heterocycles. The van der Waals surface area contributed by atoms with Crippen LogP contribution in [0.4, 0.5) is 4.79 Å². The lowest BCUT2D eigenvalue weighted by molar-refractivity contribution is -0.127. The second-order valence-electron chi connectivity index (χ2n) is 3.82. The van der Waals surface area contributed by atoms with Crippen molar-refractivity contribution in [1.82, 2.24) is 15.5 Å². The highest BCUT2D eigenvalue weighted by atomic mass is 16.2. The van der Waals surface area contributed by atoms with Crippen molar-refractivity contribution in [3.05, 3.63) is 0 Å². The van der Waals surface area contributed by atoms with E-state index in [1.807, 2.05) is 6.92 Å². The maximum absolute atomic E-state index is 11.7. The number of nitrogens with one attached hydrogen (secondary N) is 2. The molecule has 0 aromatic heterocycles. The second-order valence-corrected chi connectivity index (χ2v) is 3.82. The number of piperidine rings is 1. The molecule has 0 aromatic carbocycles. The van der Waals surface area contributed by atoms with Crippen LogP contribution < -0.4 is 10.6 Å². The average Bonchev–Trinajstić information content (AvgIpc) is 2.40. The Morgan fingerprint density at radius 3 is 2.86 bits per heavy atom. The summed E-state index contributed by atoms with van der Waals surface area (Å²) in [5.41, 5.74) is -0.607. The van der Waals surface area contributed by atoms with E-state index in [2.05, 4.69) is 10.6 Å². The molecule has 0 bridgehead atoms. The van der Waals surface area contributed by atoms with Crippen molar-refractivity contribution in [2.75, 3.05) is 19.6 Å². The number of amides is 3. The molecule has 2 N–H and O–H groups in total. The van der Waals surface area contributed by atoms with Gasteiger partial charge in [-0.25, -0.2) is 4.79 Å². The number of nitrogens with zero attached hydrogens (tertiary/aromatic N) is 1. The highest BCUT2D eigenvalue weighted by molar-refractivity contribution is 6.07. The highest BCUT2D eigenvalue weighted by Crippen LogP contribution is 2.28. The predicted octanol–water partition coefficient (Wildman–Crippen LogP) is -0.320. The molecule has 0 saturated carbocycles. The number of hydrogen-bond donors (Lipinski definition) is 2. The monoisotopic (exact) mass is 197 g/mol. The average molecular weight is 197 g/mol. The number of imide groups is 1. The molecular formula is C9H15N3O2. The molecule has 2 aliphatic rings. The Bertz CT molecular complexity index is 271. The standard InChI is InChI=1S/C9H15N3O2/c1-2-12-8(14)11-7(13)9(12)4-3-5-10-6-9/h10H,2-6H2,1H3,(H,11,13,14). The van der Waals surface area contributed by atoms with E-state index in [4.69, 9.17) is 0 Å². The molecule has 1 unspecified atom stereocenters. The zero-order valence-corrected chi connectivity index (χ0v) is 8.30. The summed E-state index contributed by atoms with van der Waals surface area (Å²) in [5.74, 6) is -0.142. The Balaban J connectivity index is 2.29. The molecule has 1 spiro atoms. The lowest BCUT2D eigenvalue weighted by Crippen LogP contribution is -2.58. The summed E-state index contributed by atoms with van der Waals surface area (Å²) in [6, 6.07) is -0.249. The SMILES string of the molecule is CCN1C(=O)NC(=O)C12CCCNC2. The Hall–Kier alpha value is -1.10. The first kappa shape index (κ1) is 9.45. The van der Waals surface area contributed by atoms with Crippen LogP contribution in [0, 0.1) is 0 Å². The minimum absolute atomic E-state index is 0.142. The smallest absolute Gasteiger partial charge is 0.314 e. The molecule has 0 aromatic rings. The van der Waals surface area contributed by atoms with Gasteiger partial charge in [-0.1, -0.05) is 0 Å². The second kappa shape index (κ2) is 3.24. The van der Waals surface area contributed by atoms with Crippen LogP contribution in [-0.4, -0.2) is 42.0 Å². The fraction of sp³-hybridized carbons (Fsp3) is 0.778. The van der Waals surface area contributed by atoms with E-state index >= 15 is 0 Å². The van der Waals surface area contributed by atoms with Crippen molar-refractivity contribution >= 4 is 11.9 Å². The summed E-state index contributed by atoms with van der Waals surface area (Å²) >= 11 is 0. The quantitative estimate of drug-likeness (QED) is 0.566. The van der Waals surface area contributed by atoms with Crippen molar-refractivity contribution < 1.29 is 9.59 Å². The molecule has 14 heavy (non-hydrogen) atoms. The third-order valence-electron chi connectivity index (χ3n) is 3.08. The molecule has 5 heteroatoms. The van der Waals surface area contributed by atoms with E-state index in [1.54, 1.807) is 4.90 Å². The zero-order chi connectivity index (χ0) is 10.2. The van der Waals surface area contributed by atoms with Crippen molar-refractivity contribution in [2.24, 2.45) is 0 Å². The van der Waals surface area contributed by atoms with Crippen molar-refractivity contribution in [2.45, 2.75) is 25.3 Å². The number of hydrogen-bond acceptors (Lipinski definition) is 3. The van der Waals surface area contributed by atoms with Crippen LogP contribution in [0.3, 0.4) is 0 Å². The Morgan fingerprint density at radius 1 is 1.50 bits per heavy atom. The molecule has 78 valence electrons. The number of urea groups is 1. The van der Waals surface area contributed by atoms with E-state index in [9.17, 15) is 9.59 Å². The molecule has 5 nitrogen and oxygen atoms in total. The maximum Gasteiger partial charge on any atom is 0.325 e. The van der Waals surface area contributed by atoms with Gasteiger partial charge in [-0.15, -0.1) is 0 Å². The van der Waals surface area contributed by atoms with Gasteiger partial charge in [0.25, 0.3) is 5.91 Å². The highest BCUT2D eigenvalue weighted by Gasteiger charge is 2.52. The Morgan fingerprint density at radius 2 is 2.29 bits per heavy atom. The number of rotatable bonds is 1. The van der Waals surface area contributed by atoms with Crippen LogP contribution in [0.5, 0.6) is 0 Å². The first-order valence-electron chi connectivity index (χ1n) is 5.04. The van der Waals surface area contributed by atoms with E-state index in [-0.39, 0.29) is 11.9 Å². The van der Waals surface area contributed by atoms with Crippen LogP contribution in [0.2, 0.25) is 0 Å². The van der Waals surface area contributed by atoms with Crippen LogP contribution in [0.15, 0.2) is 0 Å². The number of carbonyl (C=O) groups excluding carboxylic acids is 2. The molecule has 2 aliphatic heterocycles. The van der Waals surface area contributed by atoms with Crippen molar-refractivity contribution in [1.29, 1.82) is 0 Å². The van der Waals surface area contributed by atoms with Gasteiger partial charge in [-0.3, -0.25) is 10.1 Å². The Labute approximate surface area is 82.8 Å². The van der Waals surface area contributed by atoms with Crippen LogP contribution in [0.1, 0.15) is 19.8 Å². The van der Waals surface area contributed by atoms with E-state index < -0.39 is 5.54 Å². The molecule has 2 fully saturated rings. The summed E-state index contributed by atoms with van der Waals surface area (Å²) in [5, 5.41) is 5.56. The largest absolute Gasteiger partial charge is 0.325 e. The van der Waals surface area contributed by atoms with Crippen molar-refractivity contribution in [3.8, 4) is 0 Å². The summed E-state index contributed by atoms with van der Waals surface area (Å²) in [7, 11) is 0. The van der Waals surface area contributed by atoms with E-state index in [0.717, 1.165) is 19.4 Å². The van der Waals surface area contributed by atoms with Gasteiger partial charge in [-0.05, 0) is 26.3 Å². The van der Waals surface area contributed by atoms with Gasteiger partial charge in [0.05, 0.1) is 0 Å². The summed E-state index contributed by atoms with van der Waals surface area (Å²) < 4.78 is 0. The van der Waals surface area contributed by atoms with E-state index in [0.29, 0.717) is 13.1 Å². The van der Waals surface area contributed by atoms with Gasteiger partial charge in [0.1, 0.15) is 5.54 Å². The summed E-state index contributed by atoms with van der Waals surface area (Å²) in [6.45, 7) is 3.99. The molecule has 1 atom stereocenters. The third kappa shape index (κ3) is 1.12. The zero-order valence-electron chi connectivity index (χ0n) is 8.30. The van der Waals surface area contributed by atoms with Gasteiger partial charge >= 0.3 is 6.03 Å². The fourth-order valence-electron chi connectivity index (χ4n) is 2.36. The van der Waals surface area contributed by atoms with Gasteiger partial charge in [0.2, 0.25) is 0 Å². The van der Waals surface area contributed by atoms with Crippen LogP contribution >= 0.6 is 0 Å². The Kier molecular flexibility index (Phi) is 2.19. The van der Waals surface area contributed by atoms with Crippen molar-refractivity contribution in [3.63, 3.8) is 0 Å². The molecule has 3 amide bonds. The predicted molar refractivity (Wildman–Crippen MR) is 50.8 cm³/mol. The minimum Gasteiger partial charge on any atom is -0.314 e. The first-order valence-corrected chi connectivity index (χ1v) is 5.04. The maximum atomic E-state index is 11.7. The topological polar surface area (TPSA) is 61.4 Å². The normalized spacial score (nSPS) is 32.5. The minimum atomic E-state index is -0.607. The lowest BCUT2D eigenvalue weighted by atomic mass is 9.89. The number of carbonyl (C=O) groups is 2. The fourth-order valence-corrected chi connectivity index (χ4v) is 2.36. The lowest BCUT2D eigenvalue weighted by Gasteiger charge is -2.37. The molecule has 0 radical (unpaired) electrons. The van der Waals surface area contributed by atoms with Gasteiger partial charge in [0.15, 0.2) is 0 Å². The van der Waals surface area contributed by atoms with Crippen LogP contribution in [-0.2, 0) is 4.79 Å². The molecule has 2 rings (SSSR count). The molecular weight excluding hydrogens is 182 g/mol. The van der Waals surface area contributed by atoms with Crippen LogP contribution in [0.25, 0.3) is 0 Å². The van der Waals surface area contributed by atoms with Gasteiger partial charge in [0, 0.05) is 13.1 Å². The number of likely N-dealkylation sites (N-methyl/N-ethyl adjacent to an activating group) is 1. The van der Waals surface area contributed by atoms with Gasteiger partial charge in [-0.2, -0.15) is 0 Å². The first-order chi connectivity index (χ1) is 6.70. The summed E-state index contributed by atoms with van der Waals surface area (Å²) in [4.78, 5) is 24.8.